The van der Waals surface area contributed by atoms with Crippen molar-refractivity contribution in [3.63, 3.8) is 0 Å². The van der Waals surface area contributed by atoms with Crippen molar-refractivity contribution in [3.05, 3.63) is 23.5 Å². The molecule has 9 heteroatoms. The molecule has 1 aliphatic rings. The van der Waals surface area contributed by atoms with Crippen molar-refractivity contribution in [2.45, 2.75) is 39.3 Å². The number of hydrogen-bond donors (Lipinski definition) is 2. The van der Waals surface area contributed by atoms with Gasteiger partial charge in [0, 0.05) is 49.9 Å². The Morgan fingerprint density at radius 2 is 2.32 bits per heavy atom. The lowest BCUT2D eigenvalue weighted by Crippen LogP contribution is -2.45. The van der Waals surface area contributed by atoms with Gasteiger partial charge in [0.05, 0.1) is 12.2 Å². The van der Waals surface area contributed by atoms with E-state index < -0.39 is 0 Å². The summed E-state index contributed by atoms with van der Waals surface area (Å²) in [5.41, 5.74) is 0.952. The Bertz CT molecular complexity index is 699. The minimum Gasteiger partial charge on any atom is -0.357 e. The summed E-state index contributed by atoms with van der Waals surface area (Å²) in [7, 11) is 0. The van der Waals surface area contributed by atoms with Gasteiger partial charge in [0.1, 0.15) is 0 Å². The van der Waals surface area contributed by atoms with Gasteiger partial charge in [-0.05, 0) is 13.3 Å². The third-order valence-corrected chi connectivity index (χ3v) is 4.84. The van der Waals surface area contributed by atoms with Crippen LogP contribution < -0.4 is 10.6 Å². The SMILES string of the molecule is CCNC(=NCc1cn2ccsc2n1)NC1CCN(C(=O)CC)C1.I. The molecule has 3 heterocycles. The highest BCUT2D eigenvalue weighted by molar-refractivity contribution is 14.0. The molecular formula is C16H25IN6OS. The lowest BCUT2D eigenvalue weighted by atomic mass is 10.3. The van der Waals surface area contributed by atoms with Crippen LogP contribution in [-0.4, -0.2) is 51.8 Å². The Morgan fingerprint density at radius 1 is 1.48 bits per heavy atom. The van der Waals surface area contributed by atoms with E-state index in [0.717, 1.165) is 42.7 Å². The number of halogens is 1. The predicted molar refractivity (Wildman–Crippen MR) is 112 cm³/mol. The monoisotopic (exact) mass is 476 g/mol. The Morgan fingerprint density at radius 3 is 3.04 bits per heavy atom. The van der Waals surface area contributed by atoms with Gasteiger partial charge >= 0.3 is 0 Å². The van der Waals surface area contributed by atoms with Gasteiger partial charge in [-0.3, -0.25) is 9.20 Å². The van der Waals surface area contributed by atoms with Crippen molar-refractivity contribution >= 4 is 52.1 Å². The van der Waals surface area contributed by atoms with Crippen LogP contribution in [0.2, 0.25) is 0 Å². The molecule has 2 N–H and O–H groups in total. The number of aliphatic imine (C=N–C) groups is 1. The molecule has 0 saturated carbocycles. The van der Waals surface area contributed by atoms with E-state index in [1.165, 1.54) is 0 Å². The van der Waals surface area contributed by atoms with Crippen molar-refractivity contribution in [1.29, 1.82) is 0 Å². The highest BCUT2D eigenvalue weighted by Crippen LogP contribution is 2.12. The first-order chi connectivity index (χ1) is 11.7. The van der Waals surface area contributed by atoms with Crippen LogP contribution in [-0.2, 0) is 11.3 Å². The molecule has 0 aliphatic carbocycles. The van der Waals surface area contributed by atoms with Gasteiger partial charge in [0.2, 0.25) is 5.91 Å². The third kappa shape index (κ3) is 5.06. The Hall–Kier alpha value is -1.36. The van der Waals surface area contributed by atoms with Crippen LogP contribution in [0.25, 0.3) is 4.96 Å². The van der Waals surface area contributed by atoms with Crippen LogP contribution in [0.5, 0.6) is 0 Å². The maximum Gasteiger partial charge on any atom is 0.222 e. The number of carbonyl (C=O) groups excluding carboxylic acids is 1. The zero-order valence-electron chi connectivity index (χ0n) is 14.6. The Kier molecular flexibility index (Phi) is 7.48. The predicted octanol–water partition coefficient (Wildman–Crippen LogP) is 2.08. The molecule has 2 aromatic heterocycles. The Labute approximate surface area is 168 Å². The molecule has 1 unspecified atom stereocenters. The second-order valence-corrected chi connectivity index (χ2v) is 6.72. The number of thiazole rings is 1. The number of hydrogen-bond acceptors (Lipinski definition) is 4. The average Bonchev–Trinajstić information content (AvgIpc) is 3.27. The number of fused-ring (bicyclic) bond motifs is 1. The summed E-state index contributed by atoms with van der Waals surface area (Å²) in [6, 6.07) is 0.254. The molecule has 3 rings (SSSR count). The zero-order valence-corrected chi connectivity index (χ0v) is 17.7. The lowest BCUT2D eigenvalue weighted by molar-refractivity contribution is -0.129. The normalized spacial score (nSPS) is 17.6. The molecule has 0 bridgehead atoms. The molecule has 1 aliphatic heterocycles. The smallest absolute Gasteiger partial charge is 0.222 e. The molecule has 25 heavy (non-hydrogen) atoms. The van der Waals surface area contributed by atoms with E-state index in [9.17, 15) is 4.79 Å². The van der Waals surface area contributed by atoms with Gasteiger partial charge in [-0.15, -0.1) is 35.3 Å². The van der Waals surface area contributed by atoms with Gasteiger partial charge in [0.15, 0.2) is 10.9 Å². The first kappa shape index (κ1) is 20.0. The van der Waals surface area contributed by atoms with E-state index in [1.807, 2.05) is 40.9 Å². The summed E-state index contributed by atoms with van der Waals surface area (Å²) >= 11 is 1.62. The topological polar surface area (TPSA) is 74.0 Å². The number of carbonyl (C=O) groups is 1. The number of likely N-dealkylation sites (tertiary alicyclic amines) is 1. The van der Waals surface area contributed by atoms with Crippen molar-refractivity contribution in [2.75, 3.05) is 19.6 Å². The summed E-state index contributed by atoms with van der Waals surface area (Å²) < 4.78 is 2.01. The molecule has 1 saturated heterocycles. The summed E-state index contributed by atoms with van der Waals surface area (Å²) in [6.45, 7) is 6.86. The average molecular weight is 476 g/mol. The molecule has 138 valence electrons. The number of aromatic nitrogens is 2. The van der Waals surface area contributed by atoms with Gasteiger partial charge in [0.25, 0.3) is 0 Å². The number of nitrogens with one attached hydrogen (secondary N) is 2. The number of guanidine groups is 1. The minimum atomic E-state index is 0. The second-order valence-electron chi connectivity index (χ2n) is 5.84. The number of amides is 1. The molecule has 1 atom stereocenters. The third-order valence-electron chi connectivity index (χ3n) is 4.07. The molecule has 2 aromatic rings. The first-order valence-electron chi connectivity index (χ1n) is 8.43. The van der Waals surface area contributed by atoms with Gasteiger partial charge in [-0.25, -0.2) is 9.98 Å². The van der Waals surface area contributed by atoms with E-state index in [4.69, 9.17) is 0 Å². The van der Waals surface area contributed by atoms with Crippen molar-refractivity contribution in [1.82, 2.24) is 24.9 Å². The maximum absolute atomic E-state index is 11.8. The number of rotatable bonds is 5. The van der Waals surface area contributed by atoms with Crippen molar-refractivity contribution in [3.8, 4) is 0 Å². The molecular weight excluding hydrogens is 451 g/mol. The molecule has 1 fully saturated rings. The fourth-order valence-corrected chi connectivity index (χ4v) is 3.57. The largest absolute Gasteiger partial charge is 0.357 e. The van der Waals surface area contributed by atoms with E-state index >= 15 is 0 Å². The summed E-state index contributed by atoms with van der Waals surface area (Å²) in [5, 5.41) is 8.72. The van der Waals surface area contributed by atoms with E-state index in [2.05, 4.69) is 20.6 Å². The molecule has 0 aromatic carbocycles. The number of imidazole rings is 1. The first-order valence-corrected chi connectivity index (χ1v) is 9.31. The van der Waals surface area contributed by atoms with Crippen LogP contribution >= 0.6 is 35.3 Å². The molecule has 7 nitrogen and oxygen atoms in total. The zero-order chi connectivity index (χ0) is 16.9. The van der Waals surface area contributed by atoms with Crippen LogP contribution in [0.3, 0.4) is 0 Å². The summed E-state index contributed by atoms with van der Waals surface area (Å²) in [5.74, 6) is 1.00. The lowest BCUT2D eigenvalue weighted by Gasteiger charge is -2.18. The highest BCUT2D eigenvalue weighted by atomic mass is 127. The quantitative estimate of drug-likeness (QED) is 0.394. The standard InChI is InChI=1S/C16H24N6OS.HI/c1-3-14(23)21-6-5-12(10-21)19-15(17-4-2)18-9-13-11-22-7-8-24-16(22)20-13;/h7-8,11-12H,3-6,9-10H2,1-2H3,(H2,17,18,19);1H. The van der Waals surface area contributed by atoms with Gasteiger partial charge in [-0.1, -0.05) is 6.92 Å². The summed E-state index contributed by atoms with van der Waals surface area (Å²) in [6.07, 6.45) is 5.53. The highest BCUT2D eigenvalue weighted by Gasteiger charge is 2.25. The van der Waals surface area contributed by atoms with Crippen LogP contribution in [0.4, 0.5) is 0 Å². The molecule has 1 amide bonds. The van der Waals surface area contributed by atoms with Crippen LogP contribution in [0, 0.1) is 0 Å². The van der Waals surface area contributed by atoms with Crippen LogP contribution in [0.15, 0.2) is 22.8 Å². The summed E-state index contributed by atoms with van der Waals surface area (Å²) in [4.78, 5) is 23.9. The maximum atomic E-state index is 11.8. The van der Waals surface area contributed by atoms with E-state index in [1.54, 1.807) is 11.3 Å². The fourth-order valence-electron chi connectivity index (χ4n) is 2.85. The van der Waals surface area contributed by atoms with Crippen molar-refractivity contribution in [2.24, 2.45) is 4.99 Å². The minimum absolute atomic E-state index is 0. The van der Waals surface area contributed by atoms with E-state index in [0.29, 0.717) is 13.0 Å². The van der Waals surface area contributed by atoms with Gasteiger partial charge in [-0.2, -0.15) is 0 Å². The second kappa shape index (κ2) is 9.37. The molecule has 0 spiro atoms. The Balaban J connectivity index is 0.00000225. The van der Waals surface area contributed by atoms with E-state index in [-0.39, 0.29) is 35.9 Å². The number of nitrogens with zero attached hydrogens (tertiary/aromatic N) is 4. The fraction of sp³-hybridized carbons (Fsp3) is 0.562. The van der Waals surface area contributed by atoms with Crippen molar-refractivity contribution < 1.29 is 4.79 Å². The molecule has 0 radical (unpaired) electrons. The van der Waals surface area contributed by atoms with Gasteiger partial charge < -0.3 is 15.5 Å². The van der Waals surface area contributed by atoms with Crippen LogP contribution in [0.1, 0.15) is 32.4 Å².